The Labute approximate surface area is 370 Å². The summed E-state index contributed by atoms with van der Waals surface area (Å²) in [6.07, 6.45) is 6.82. The molecule has 15 rings (SSSR count). The van der Waals surface area contributed by atoms with Crippen LogP contribution in [0.4, 0.5) is 0 Å². The van der Waals surface area contributed by atoms with Crippen molar-refractivity contribution in [1.82, 2.24) is 15.0 Å². The maximum Gasteiger partial charge on any atom is 0.164 e. The highest BCUT2D eigenvalue weighted by Crippen LogP contribution is 2.70. The molecule has 0 saturated heterocycles. The van der Waals surface area contributed by atoms with Crippen LogP contribution in [0.2, 0.25) is 13.1 Å². The normalized spacial score (nSPS) is 23.0. The van der Waals surface area contributed by atoms with E-state index in [4.69, 9.17) is 15.0 Å². The maximum absolute atomic E-state index is 5.44. The highest BCUT2D eigenvalue weighted by molar-refractivity contribution is 7.04. The van der Waals surface area contributed by atoms with Gasteiger partial charge in [0.15, 0.2) is 17.5 Å². The van der Waals surface area contributed by atoms with E-state index in [0.717, 1.165) is 33.9 Å². The second kappa shape index (κ2) is 13.0. The minimum atomic E-state index is -1.99. The molecule has 0 unspecified atom stereocenters. The van der Waals surface area contributed by atoms with Gasteiger partial charge < -0.3 is 0 Å². The Kier molecular flexibility index (Phi) is 7.45. The van der Waals surface area contributed by atoms with Crippen molar-refractivity contribution in [2.75, 3.05) is 0 Å². The largest absolute Gasteiger partial charge is 0.208 e. The van der Waals surface area contributed by atoms with Crippen molar-refractivity contribution >= 4 is 40.0 Å². The molecular weight excluding hydrogens is 779 g/mol. The third-order valence-electron chi connectivity index (χ3n) is 16.5. The zero-order chi connectivity index (χ0) is 41.6. The molecule has 4 heteroatoms. The van der Waals surface area contributed by atoms with Crippen molar-refractivity contribution in [2.45, 2.75) is 50.6 Å². The third kappa shape index (κ3) is 4.93. The van der Waals surface area contributed by atoms with Gasteiger partial charge >= 0.3 is 0 Å². The van der Waals surface area contributed by atoms with Crippen molar-refractivity contribution in [3.8, 4) is 67.5 Å². The number of fused-ring (bicyclic) bond motifs is 9. The van der Waals surface area contributed by atoms with Gasteiger partial charge in [0.2, 0.25) is 0 Å². The topological polar surface area (TPSA) is 38.7 Å². The summed E-state index contributed by atoms with van der Waals surface area (Å²) in [6.45, 7) is 5.16. The molecule has 3 nitrogen and oxygen atoms in total. The molecule has 1 spiro atoms. The fourth-order valence-corrected chi connectivity index (χ4v) is 17.7. The van der Waals surface area contributed by atoms with Gasteiger partial charge in [-0.3, -0.25) is 0 Å². The Hall–Kier alpha value is -6.49. The van der Waals surface area contributed by atoms with Crippen LogP contribution in [0.15, 0.2) is 164 Å². The van der Waals surface area contributed by atoms with Crippen molar-refractivity contribution in [1.29, 1.82) is 0 Å². The van der Waals surface area contributed by atoms with Crippen LogP contribution < -0.4 is 10.4 Å². The summed E-state index contributed by atoms with van der Waals surface area (Å²) < 4.78 is 0. The number of aromatic nitrogens is 3. The molecule has 1 aliphatic heterocycles. The first kappa shape index (κ1) is 36.0. The van der Waals surface area contributed by atoms with Gasteiger partial charge in [0, 0.05) is 22.1 Å². The van der Waals surface area contributed by atoms with Crippen LogP contribution in [0.5, 0.6) is 0 Å². The Morgan fingerprint density at radius 3 is 1.76 bits per heavy atom. The van der Waals surface area contributed by atoms with Crippen LogP contribution >= 0.6 is 0 Å². The first-order valence-corrected chi connectivity index (χ1v) is 26.2. The lowest BCUT2D eigenvalue weighted by Gasteiger charge is -2.61. The fourth-order valence-electron chi connectivity index (χ4n) is 14.3. The molecule has 1 aromatic heterocycles. The van der Waals surface area contributed by atoms with E-state index in [2.05, 4.69) is 177 Å². The van der Waals surface area contributed by atoms with Crippen LogP contribution in [0.1, 0.15) is 43.2 Å². The predicted molar refractivity (Wildman–Crippen MR) is 262 cm³/mol. The summed E-state index contributed by atoms with van der Waals surface area (Å²) >= 11 is 0. The van der Waals surface area contributed by atoms with Crippen LogP contribution in [-0.4, -0.2) is 23.0 Å². The van der Waals surface area contributed by atoms with Crippen molar-refractivity contribution in [3.05, 3.63) is 175 Å². The molecule has 4 fully saturated rings. The highest BCUT2D eigenvalue weighted by atomic mass is 28.3. The van der Waals surface area contributed by atoms with E-state index in [9.17, 15) is 0 Å². The first-order chi connectivity index (χ1) is 30.9. The quantitative estimate of drug-likeness (QED) is 0.131. The smallest absolute Gasteiger partial charge is 0.164 e. The minimum absolute atomic E-state index is 0.00341. The maximum atomic E-state index is 5.44. The third-order valence-corrected chi connectivity index (χ3v) is 20.0. The van der Waals surface area contributed by atoms with Crippen molar-refractivity contribution in [2.24, 2.45) is 23.7 Å². The molecule has 0 radical (unpaired) electrons. The van der Waals surface area contributed by atoms with Gasteiger partial charge in [-0.2, -0.15) is 0 Å². The Morgan fingerprint density at radius 2 is 1.00 bits per heavy atom. The summed E-state index contributed by atoms with van der Waals surface area (Å²) in [4.78, 5) is 16.0. The standard InChI is InChI=1S/C59H47N3Si/c1-63(2)53-25-11-10-20-45(53)48-23-13-24-49(55(48)63)46-21-12-22-47-50-34-39(26-27-52(50)59(54(46)47)40-29-35-28-36(31-40)32-41(59)30-35)57-60-56(37-14-4-3-5-15-37)61-58(62-57)51-33-38-16-6-7-17-42(38)43-18-8-9-19-44(43)51/h3-27,33-36,40-41H,28-32H2,1-2H3. The van der Waals surface area contributed by atoms with Crippen LogP contribution in [0, 0.1) is 23.7 Å². The Morgan fingerprint density at radius 1 is 0.429 bits per heavy atom. The second-order valence-corrected chi connectivity index (χ2v) is 24.2. The summed E-state index contributed by atoms with van der Waals surface area (Å²) in [5.41, 5.74) is 14.8. The second-order valence-electron chi connectivity index (χ2n) is 19.9. The van der Waals surface area contributed by atoms with E-state index < -0.39 is 8.07 Å². The van der Waals surface area contributed by atoms with Crippen LogP contribution in [0.25, 0.3) is 89.1 Å². The average Bonchev–Trinajstić information content (AvgIpc) is 3.76. The number of hydrogen-bond donors (Lipinski definition) is 0. The lowest BCUT2D eigenvalue weighted by atomic mass is 9.42. The highest BCUT2D eigenvalue weighted by Gasteiger charge is 2.62. The SMILES string of the molecule is C[Si]1(C)c2ccccc2-c2cccc(-c3cccc4c3C3(c5ccc(-c6nc(-c7ccccc7)nc(-c7cc8ccccc8c8ccccc78)n6)cc5-4)C4CC5CC(C4)CC3C5)c21. The molecule has 4 bridgehead atoms. The van der Waals surface area contributed by atoms with E-state index in [1.54, 1.807) is 21.5 Å². The molecule has 0 atom stereocenters. The van der Waals surface area contributed by atoms with Crippen molar-refractivity contribution < 1.29 is 0 Å². The number of nitrogens with zero attached hydrogens (tertiary/aromatic N) is 3. The number of hydrogen-bond acceptors (Lipinski definition) is 3. The lowest BCUT2D eigenvalue weighted by molar-refractivity contribution is -0.0397. The number of rotatable bonds is 4. The van der Waals surface area contributed by atoms with Gasteiger partial charge in [-0.1, -0.05) is 165 Å². The van der Waals surface area contributed by atoms with E-state index in [0.29, 0.717) is 29.3 Å². The summed E-state index contributed by atoms with van der Waals surface area (Å²) in [7, 11) is -1.99. The predicted octanol–water partition coefficient (Wildman–Crippen LogP) is 13.4. The van der Waals surface area contributed by atoms with Crippen LogP contribution in [0.3, 0.4) is 0 Å². The van der Waals surface area contributed by atoms with E-state index in [1.807, 2.05) is 0 Å². The van der Waals surface area contributed by atoms with Gasteiger partial charge in [0.25, 0.3) is 0 Å². The fraction of sp³-hybridized carbons (Fsp3) is 0.203. The summed E-state index contributed by atoms with van der Waals surface area (Å²) in [5.74, 6) is 5.14. The van der Waals surface area contributed by atoms with Gasteiger partial charge in [-0.15, -0.1) is 0 Å². The minimum Gasteiger partial charge on any atom is -0.208 e. The molecule has 302 valence electrons. The molecular formula is C59H47N3Si. The molecule has 9 aromatic rings. The molecule has 6 aliphatic rings. The molecule has 2 heterocycles. The summed E-state index contributed by atoms with van der Waals surface area (Å²) in [6, 6.07) is 61.2. The van der Waals surface area contributed by atoms with Crippen molar-refractivity contribution in [3.63, 3.8) is 0 Å². The first-order valence-electron chi connectivity index (χ1n) is 23.2. The number of benzene rings is 8. The molecule has 5 aliphatic carbocycles. The Bertz CT molecular complexity index is 3370. The lowest BCUT2D eigenvalue weighted by Crippen LogP contribution is -2.55. The zero-order valence-corrected chi connectivity index (χ0v) is 36.8. The van der Waals surface area contributed by atoms with Gasteiger partial charge in [-0.05, 0) is 144 Å². The molecule has 0 N–H and O–H groups in total. The van der Waals surface area contributed by atoms with E-state index in [1.165, 1.54) is 81.6 Å². The van der Waals surface area contributed by atoms with Gasteiger partial charge in [0.05, 0.1) is 0 Å². The molecule has 8 aromatic carbocycles. The Balaban J connectivity index is 1.00. The van der Waals surface area contributed by atoms with E-state index >= 15 is 0 Å². The van der Waals surface area contributed by atoms with Crippen LogP contribution in [-0.2, 0) is 5.41 Å². The molecule has 4 saturated carbocycles. The van der Waals surface area contributed by atoms with E-state index in [-0.39, 0.29) is 5.41 Å². The van der Waals surface area contributed by atoms with Gasteiger partial charge in [-0.25, -0.2) is 15.0 Å². The zero-order valence-electron chi connectivity index (χ0n) is 35.8. The van der Waals surface area contributed by atoms with Gasteiger partial charge in [0.1, 0.15) is 8.07 Å². The average molecular weight is 826 g/mol. The molecule has 0 amide bonds. The monoisotopic (exact) mass is 825 g/mol. The summed E-state index contributed by atoms with van der Waals surface area (Å²) in [5, 5.41) is 7.95. The molecule has 63 heavy (non-hydrogen) atoms.